The van der Waals surface area contributed by atoms with Gasteiger partial charge in [0.25, 0.3) is 5.91 Å². The van der Waals surface area contributed by atoms with E-state index in [1.165, 1.54) is 22.7 Å². The number of hydrogen-bond acceptors (Lipinski definition) is 5. The van der Waals surface area contributed by atoms with E-state index < -0.39 is 0 Å². The van der Waals surface area contributed by atoms with Gasteiger partial charge in [-0.25, -0.2) is 4.98 Å². The Labute approximate surface area is 124 Å². The summed E-state index contributed by atoms with van der Waals surface area (Å²) in [4.78, 5) is 17.2. The molecule has 7 heteroatoms. The second-order valence-electron chi connectivity index (χ2n) is 3.90. The number of aromatic nitrogens is 1. The van der Waals surface area contributed by atoms with Crippen molar-refractivity contribution >= 4 is 40.2 Å². The van der Waals surface area contributed by atoms with Crippen molar-refractivity contribution in [1.29, 1.82) is 0 Å². The van der Waals surface area contributed by atoms with Gasteiger partial charge in [0, 0.05) is 5.38 Å². The molecule has 0 radical (unpaired) electrons. The molecule has 0 aliphatic carbocycles. The first-order valence-corrected chi connectivity index (χ1v) is 7.84. The maximum Gasteiger partial charge on any atom is 0.271 e. The van der Waals surface area contributed by atoms with E-state index >= 15 is 0 Å². The molecule has 2 N–H and O–H groups in total. The Balaban J connectivity index is 2.10. The highest BCUT2D eigenvalue weighted by atomic mass is 35.5. The Bertz CT molecular complexity index is 564. The molecule has 4 nitrogen and oxygen atoms in total. The number of amides is 1. The third kappa shape index (κ3) is 3.54. The molecule has 0 spiro atoms. The van der Waals surface area contributed by atoms with Gasteiger partial charge in [0.2, 0.25) is 0 Å². The van der Waals surface area contributed by atoms with Crippen LogP contribution in [0.3, 0.4) is 0 Å². The number of hydrogen-bond donors (Lipinski definition) is 2. The van der Waals surface area contributed by atoms with Gasteiger partial charge in [0.1, 0.15) is 10.7 Å². The van der Waals surface area contributed by atoms with Crippen molar-refractivity contribution < 1.29 is 9.90 Å². The molecule has 2 aromatic heterocycles. The predicted octanol–water partition coefficient (Wildman–Crippen LogP) is 3.03. The van der Waals surface area contributed by atoms with Gasteiger partial charge in [-0.2, -0.15) is 0 Å². The predicted molar refractivity (Wildman–Crippen MR) is 79.1 cm³/mol. The van der Waals surface area contributed by atoms with Gasteiger partial charge >= 0.3 is 0 Å². The van der Waals surface area contributed by atoms with Gasteiger partial charge in [-0.3, -0.25) is 4.79 Å². The van der Waals surface area contributed by atoms with E-state index in [1.54, 1.807) is 5.38 Å². The zero-order chi connectivity index (χ0) is 13.8. The van der Waals surface area contributed by atoms with Gasteiger partial charge < -0.3 is 10.4 Å². The van der Waals surface area contributed by atoms with E-state index in [0.717, 1.165) is 9.88 Å². The molecule has 1 amide bonds. The van der Waals surface area contributed by atoms with Crippen LogP contribution in [0.5, 0.6) is 0 Å². The molecule has 0 aromatic carbocycles. The highest BCUT2D eigenvalue weighted by Crippen LogP contribution is 2.32. The SMILES string of the molecule is CCC(CO)NC(=O)c1csc(-c2ccc(Cl)s2)n1. The lowest BCUT2D eigenvalue weighted by atomic mass is 10.2. The number of rotatable bonds is 5. The molecule has 0 saturated heterocycles. The largest absolute Gasteiger partial charge is 0.394 e. The molecule has 1 unspecified atom stereocenters. The topological polar surface area (TPSA) is 62.2 Å². The molecule has 2 rings (SSSR count). The number of carbonyl (C=O) groups excluding carboxylic acids is 1. The summed E-state index contributed by atoms with van der Waals surface area (Å²) in [7, 11) is 0. The average molecular weight is 317 g/mol. The van der Waals surface area contributed by atoms with Gasteiger partial charge in [0.15, 0.2) is 0 Å². The van der Waals surface area contributed by atoms with E-state index in [9.17, 15) is 4.79 Å². The first-order chi connectivity index (χ1) is 9.13. The number of nitrogens with zero attached hydrogens (tertiary/aromatic N) is 1. The molecule has 0 bridgehead atoms. The van der Waals surface area contributed by atoms with Crippen molar-refractivity contribution in [3.05, 3.63) is 27.5 Å². The molecule has 2 aromatic rings. The van der Waals surface area contributed by atoms with Crippen molar-refractivity contribution in [3.63, 3.8) is 0 Å². The molecular formula is C12H13ClN2O2S2. The molecule has 0 aliphatic rings. The van der Waals surface area contributed by atoms with Gasteiger partial charge in [-0.1, -0.05) is 18.5 Å². The van der Waals surface area contributed by atoms with Gasteiger partial charge in [0.05, 0.1) is 21.9 Å². The maximum absolute atomic E-state index is 11.9. The maximum atomic E-state index is 11.9. The van der Waals surface area contributed by atoms with Crippen LogP contribution in [0.2, 0.25) is 4.34 Å². The lowest BCUT2D eigenvalue weighted by Gasteiger charge is -2.12. The Morgan fingerprint density at radius 2 is 2.37 bits per heavy atom. The summed E-state index contributed by atoms with van der Waals surface area (Å²) >= 11 is 8.71. The van der Waals surface area contributed by atoms with Crippen LogP contribution < -0.4 is 5.32 Å². The molecule has 19 heavy (non-hydrogen) atoms. The molecule has 0 aliphatic heterocycles. The standard InChI is InChI=1S/C12H13ClN2O2S2/c1-2-7(5-16)14-11(17)8-6-18-12(15-8)9-3-4-10(13)19-9/h3-4,6-7,16H,2,5H2,1H3,(H,14,17). The van der Waals surface area contributed by atoms with Crippen molar-refractivity contribution in [2.45, 2.75) is 19.4 Å². The second-order valence-corrected chi connectivity index (χ2v) is 6.48. The zero-order valence-electron chi connectivity index (χ0n) is 10.2. The van der Waals surface area contributed by atoms with Crippen molar-refractivity contribution in [2.24, 2.45) is 0 Å². The molecule has 2 heterocycles. The number of thiazole rings is 1. The van der Waals surface area contributed by atoms with Crippen LogP contribution in [0.15, 0.2) is 17.5 Å². The van der Waals surface area contributed by atoms with Crippen LogP contribution in [0.25, 0.3) is 9.88 Å². The zero-order valence-corrected chi connectivity index (χ0v) is 12.6. The first-order valence-electron chi connectivity index (χ1n) is 5.77. The Morgan fingerprint density at radius 3 is 2.95 bits per heavy atom. The number of aliphatic hydroxyl groups is 1. The fraction of sp³-hybridized carbons (Fsp3) is 0.333. The third-order valence-corrected chi connectivity index (χ3v) is 4.81. The fourth-order valence-electron chi connectivity index (χ4n) is 1.46. The van der Waals surface area contributed by atoms with E-state index in [1.807, 2.05) is 19.1 Å². The molecule has 102 valence electrons. The lowest BCUT2D eigenvalue weighted by Crippen LogP contribution is -2.37. The summed E-state index contributed by atoms with van der Waals surface area (Å²) in [5.41, 5.74) is 0.372. The van der Waals surface area contributed by atoms with Crippen LogP contribution in [0.4, 0.5) is 0 Å². The summed E-state index contributed by atoms with van der Waals surface area (Å²) < 4.78 is 0.697. The number of thiophene rings is 1. The number of aliphatic hydroxyl groups excluding tert-OH is 1. The summed E-state index contributed by atoms with van der Waals surface area (Å²) in [6.07, 6.45) is 0.680. The van der Waals surface area contributed by atoms with E-state index in [4.69, 9.17) is 16.7 Å². The van der Waals surface area contributed by atoms with Crippen LogP contribution in [-0.4, -0.2) is 28.6 Å². The van der Waals surface area contributed by atoms with Crippen molar-refractivity contribution in [3.8, 4) is 9.88 Å². The van der Waals surface area contributed by atoms with Crippen LogP contribution in [-0.2, 0) is 0 Å². The number of carbonyl (C=O) groups is 1. The van der Waals surface area contributed by atoms with Crippen molar-refractivity contribution in [2.75, 3.05) is 6.61 Å². The van der Waals surface area contributed by atoms with Crippen molar-refractivity contribution in [1.82, 2.24) is 10.3 Å². The average Bonchev–Trinajstić information content (AvgIpc) is 3.04. The van der Waals surface area contributed by atoms with E-state index in [-0.39, 0.29) is 18.6 Å². The Morgan fingerprint density at radius 1 is 1.58 bits per heavy atom. The summed E-state index contributed by atoms with van der Waals surface area (Å²) in [5, 5.41) is 14.3. The summed E-state index contributed by atoms with van der Waals surface area (Å²) in [6, 6.07) is 3.46. The highest BCUT2D eigenvalue weighted by molar-refractivity contribution is 7.23. The van der Waals surface area contributed by atoms with Crippen LogP contribution in [0, 0.1) is 0 Å². The normalized spacial score (nSPS) is 12.4. The Kier molecular flexibility index (Phi) is 4.93. The molecular weight excluding hydrogens is 304 g/mol. The quantitative estimate of drug-likeness (QED) is 0.891. The minimum absolute atomic E-state index is 0.0697. The summed E-state index contributed by atoms with van der Waals surface area (Å²) in [6.45, 7) is 1.83. The molecule has 1 atom stereocenters. The molecule has 0 fully saturated rings. The number of halogens is 1. The fourth-order valence-corrected chi connectivity index (χ4v) is 3.37. The van der Waals surface area contributed by atoms with Crippen LogP contribution >= 0.6 is 34.3 Å². The highest BCUT2D eigenvalue weighted by Gasteiger charge is 2.15. The monoisotopic (exact) mass is 316 g/mol. The second kappa shape index (κ2) is 6.47. The smallest absolute Gasteiger partial charge is 0.271 e. The summed E-state index contributed by atoms with van der Waals surface area (Å²) in [5.74, 6) is -0.258. The minimum atomic E-state index is -0.258. The first kappa shape index (κ1) is 14.5. The molecule has 0 saturated carbocycles. The van der Waals surface area contributed by atoms with Gasteiger partial charge in [-0.05, 0) is 18.6 Å². The number of nitrogens with one attached hydrogen (secondary N) is 1. The minimum Gasteiger partial charge on any atom is -0.394 e. The lowest BCUT2D eigenvalue weighted by molar-refractivity contribution is 0.0910. The van der Waals surface area contributed by atoms with Crippen LogP contribution in [0.1, 0.15) is 23.8 Å². The Hall–Kier alpha value is -0.950. The third-order valence-electron chi connectivity index (χ3n) is 2.57. The van der Waals surface area contributed by atoms with E-state index in [2.05, 4.69) is 10.3 Å². The van der Waals surface area contributed by atoms with Gasteiger partial charge in [-0.15, -0.1) is 22.7 Å². The van der Waals surface area contributed by atoms with E-state index in [0.29, 0.717) is 16.5 Å².